The van der Waals surface area contributed by atoms with E-state index in [-0.39, 0.29) is 5.91 Å². The van der Waals surface area contributed by atoms with Gasteiger partial charge in [-0.1, -0.05) is 64.4 Å². The first kappa shape index (κ1) is 19.2. The minimum absolute atomic E-state index is 0.00503. The average Bonchev–Trinajstić information content (AvgIpc) is 2.53. The van der Waals surface area contributed by atoms with Crippen molar-refractivity contribution < 1.29 is 9.59 Å². The molecule has 1 aromatic rings. The van der Waals surface area contributed by atoms with E-state index in [0.717, 1.165) is 12.8 Å². The minimum atomic E-state index is -0.486. The van der Waals surface area contributed by atoms with Gasteiger partial charge in [-0.3, -0.25) is 9.59 Å². The molecule has 2 amide bonds. The van der Waals surface area contributed by atoms with Gasteiger partial charge in [0.2, 0.25) is 11.8 Å². The van der Waals surface area contributed by atoms with Gasteiger partial charge in [-0.05, 0) is 24.6 Å². The predicted octanol–water partition coefficient (Wildman–Crippen LogP) is 4.64. The van der Waals surface area contributed by atoms with Gasteiger partial charge >= 0.3 is 0 Å². The SMILES string of the molecule is CCCCCCCCCCCC(=O)Nc1cccc(C(N)=O)c1. The highest BCUT2D eigenvalue weighted by atomic mass is 16.2. The standard InChI is InChI=1S/C19H30N2O2/c1-2-3-4-5-6-7-8-9-10-14-18(22)21-17-13-11-12-16(15-17)19(20)23/h11-13,15H,2-10,14H2,1H3,(H2,20,23)(H,21,22). The van der Waals surface area contributed by atoms with Crippen LogP contribution >= 0.6 is 0 Å². The monoisotopic (exact) mass is 318 g/mol. The molecule has 3 N–H and O–H groups in total. The topological polar surface area (TPSA) is 72.2 Å². The molecule has 0 heterocycles. The smallest absolute Gasteiger partial charge is 0.248 e. The molecule has 0 aliphatic heterocycles. The van der Waals surface area contributed by atoms with Gasteiger partial charge in [-0.25, -0.2) is 0 Å². The molecular weight excluding hydrogens is 288 g/mol. The van der Waals surface area contributed by atoms with Gasteiger partial charge in [-0.15, -0.1) is 0 Å². The Hall–Kier alpha value is -1.84. The van der Waals surface area contributed by atoms with E-state index in [1.807, 2.05) is 0 Å². The molecule has 0 aromatic heterocycles. The summed E-state index contributed by atoms with van der Waals surface area (Å²) < 4.78 is 0. The third-order valence-corrected chi connectivity index (χ3v) is 3.94. The number of hydrogen-bond donors (Lipinski definition) is 2. The lowest BCUT2D eigenvalue weighted by atomic mass is 10.1. The summed E-state index contributed by atoms with van der Waals surface area (Å²) >= 11 is 0. The minimum Gasteiger partial charge on any atom is -0.366 e. The maximum absolute atomic E-state index is 11.9. The Bertz CT molecular complexity index is 486. The van der Waals surface area contributed by atoms with Gasteiger partial charge in [0.15, 0.2) is 0 Å². The largest absolute Gasteiger partial charge is 0.366 e. The Morgan fingerprint density at radius 2 is 1.57 bits per heavy atom. The summed E-state index contributed by atoms with van der Waals surface area (Å²) in [5.74, 6) is -0.491. The highest BCUT2D eigenvalue weighted by Gasteiger charge is 2.05. The molecule has 128 valence electrons. The number of nitrogens with one attached hydrogen (secondary N) is 1. The fourth-order valence-electron chi connectivity index (χ4n) is 2.57. The first-order valence-corrected chi connectivity index (χ1v) is 8.83. The zero-order chi connectivity index (χ0) is 16.9. The number of hydrogen-bond acceptors (Lipinski definition) is 2. The molecule has 0 saturated heterocycles. The summed E-state index contributed by atoms with van der Waals surface area (Å²) in [7, 11) is 0. The van der Waals surface area contributed by atoms with Crippen molar-refractivity contribution in [2.45, 2.75) is 71.1 Å². The molecule has 4 heteroatoms. The molecule has 0 bridgehead atoms. The van der Waals surface area contributed by atoms with Crippen LogP contribution in [0.2, 0.25) is 0 Å². The van der Waals surface area contributed by atoms with Crippen LogP contribution in [-0.2, 0) is 4.79 Å². The van der Waals surface area contributed by atoms with Crippen LogP contribution in [0, 0.1) is 0 Å². The summed E-state index contributed by atoms with van der Waals surface area (Å²) in [5, 5.41) is 2.82. The van der Waals surface area contributed by atoms with E-state index < -0.39 is 5.91 Å². The predicted molar refractivity (Wildman–Crippen MR) is 95.4 cm³/mol. The van der Waals surface area contributed by atoms with E-state index in [1.165, 1.54) is 44.9 Å². The molecule has 1 rings (SSSR count). The summed E-state index contributed by atoms with van der Waals surface area (Å²) in [6.07, 6.45) is 11.6. The lowest BCUT2D eigenvalue weighted by molar-refractivity contribution is -0.116. The van der Waals surface area contributed by atoms with E-state index in [2.05, 4.69) is 12.2 Å². The zero-order valence-electron chi connectivity index (χ0n) is 14.3. The van der Waals surface area contributed by atoms with Crippen molar-refractivity contribution in [1.29, 1.82) is 0 Å². The summed E-state index contributed by atoms with van der Waals surface area (Å²) in [6, 6.07) is 6.73. The van der Waals surface area contributed by atoms with Crippen molar-refractivity contribution in [1.82, 2.24) is 0 Å². The third-order valence-electron chi connectivity index (χ3n) is 3.94. The van der Waals surface area contributed by atoms with Crippen molar-refractivity contribution in [3.05, 3.63) is 29.8 Å². The fraction of sp³-hybridized carbons (Fsp3) is 0.579. The Kier molecular flexibility index (Phi) is 9.76. The second-order valence-corrected chi connectivity index (χ2v) is 6.07. The number of carbonyl (C=O) groups is 2. The number of nitrogens with two attached hydrogens (primary N) is 1. The van der Waals surface area contributed by atoms with Crippen molar-refractivity contribution in [2.75, 3.05) is 5.32 Å². The van der Waals surface area contributed by atoms with Crippen molar-refractivity contribution in [2.24, 2.45) is 5.73 Å². The second kappa shape index (κ2) is 11.7. The summed E-state index contributed by atoms with van der Waals surface area (Å²) in [5.41, 5.74) is 6.26. The summed E-state index contributed by atoms with van der Waals surface area (Å²) in [6.45, 7) is 2.23. The van der Waals surface area contributed by atoms with Gasteiger partial charge in [-0.2, -0.15) is 0 Å². The van der Waals surface area contributed by atoms with E-state index in [4.69, 9.17) is 5.73 Å². The molecule has 0 radical (unpaired) electrons. The third kappa shape index (κ3) is 9.01. The van der Waals surface area contributed by atoms with Gasteiger partial charge in [0, 0.05) is 17.7 Å². The van der Waals surface area contributed by atoms with E-state index in [0.29, 0.717) is 17.7 Å². The molecule has 23 heavy (non-hydrogen) atoms. The van der Waals surface area contributed by atoms with Crippen molar-refractivity contribution in [3.63, 3.8) is 0 Å². The van der Waals surface area contributed by atoms with E-state index >= 15 is 0 Å². The first-order valence-electron chi connectivity index (χ1n) is 8.83. The number of unbranched alkanes of at least 4 members (excludes halogenated alkanes) is 8. The lowest BCUT2D eigenvalue weighted by Gasteiger charge is -2.06. The molecule has 0 fully saturated rings. The lowest BCUT2D eigenvalue weighted by Crippen LogP contribution is -2.14. The number of anilines is 1. The first-order chi connectivity index (χ1) is 11.1. The Labute approximate surface area is 139 Å². The molecule has 0 aliphatic rings. The highest BCUT2D eigenvalue weighted by molar-refractivity contribution is 5.96. The second-order valence-electron chi connectivity index (χ2n) is 6.07. The van der Waals surface area contributed by atoms with E-state index in [1.54, 1.807) is 24.3 Å². The molecule has 4 nitrogen and oxygen atoms in total. The molecule has 0 unspecified atom stereocenters. The number of benzene rings is 1. The van der Waals surface area contributed by atoms with Crippen LogP contribution in [0.1, 0.15) is 81.5 Å². The van der Waals surface area contributed by atoms with Crippen LogP contribution < -0.4 is 11.1 Å². The van der Waals surface area contributed by atoms with Crippen LogP contribution in [0.5, 0.6) is 0 Å². The highest BCUT2D eigenvalue weighted by Crippen LogP contribution is 2.13. The van der Waals surface area contributed by atoms with Gasteiger partial charge in [0.25, 0.3) is 0 Å². The van der Waals surface area contributed by atoms with Gasteiger partial charge < -0.3 is 11.1 Å². The Morgan fingerprint density at radius 3 is 2.17 bits per heavy atom. The molecule has 0 aliphatic carbocycles. The van der Waals surface area contributed by atoms with Crippen LogP contribution in [0.4, 0.5) is 5.69 Å². The summed E-state index contributed by atoms with van der Waals surface area (Å²) in [4.78, 5) is 23.0. The van der Waals surface area contributed by atoms with Crippen LogP contribution in [0.15, 0.2) is 24.3 Å². The number of rotatable bonds is 12. The molecule has 0 atom stereocenters. The average molecular weight is 318 g/mol. The Morgan fingerprint density at radius 1 is 0.957 bits per heavy atom. The zero-order valence-corrected chi connectivity index (χ0v) is 14.3. The van der Waals surface area contributed by atoms with E-state index in [9.17, 15) is 9.59 Å². The maximum Gasteiger partial charge on any atom is 0.248 e. The normalized spacial score (nSPS) is 10.5. The van der Waals surface area contributed by atoms with Crippen LogP contribution in [-0.4, -0.2) is 11.8 Å². The quantitative estimate of drug-likeness (QED) is 0.551. The molecule has 1 aromatic carbocycles. The van der Waals surface area contributed by atoms with Gasteiger partial charge in [0.05, 0.1) is 0 Å². The number of primary amides is 1. The van der Waals surface area contributed by atoms with Crippen molar-refractivity contribution >= 4 is 17.5 Å². The molecular formula is C19H30N2O2. The van der Waals surface area contributed by atoms with Gasteiger partial charge in [0.1, 0.15) is 0 Å². The molecule has 0 saturated carbocycles. The maximum atomic E-state index is 11.9. The Balaban J connectivity index is 2.11. The number of amides is 2. The fourth-order valence-corrected chi connectivity index (χ4v) is 2.57. The van der Waals surface area contributed by atoms with Crippen LogP contribution in [0.3, 0.4) is 0 Å². The molecule has 0 spiro atoms. The number of carbonyl (C=O) groups excluding carboxylic acids is 2. The van der Waals surface area contributed by atoms with Crippen LogP contribution in [0.25, 0.3) is 0 Å². The van der Waals surface area contributed by atoms with Crippen molar-refractivity contribution in [3.8, 4) is 0 Å².